The number of carbonyl (C=O) groups is 1. The number of aromatic nitrogens is 1. The van der Waals surface area contributed by atoms with E-state index in [9.17, 15) is 14.3 Å². The van der Waals surface area contributed by atoms with Crippen LogP contribution in [0, 0.1) is 18.7 Å². The van der Waals surface area contributed by atoms with Gasteiger partial charge in [-0.3, -0.25) is 4.79 Å². The molecule has 0 spiro atoms. The number of carbonyl (C=O) groups excluding carboxylic acids is 1. The maximum absolute atomic E-state index is 13.4. The first-order valence-corrected chi connectivity index (χ1v) is 8.47. The van der Waals surface area contributed by atoms with Crippen molar-refractivity contribution in [3.8, 4) is 0 Å². The van der Waals surface area contributed by atoms with Gasteiger partial charge in [0, 0.05) is 31.5 Å². The molecule has 0 radical (unpaired) electrons. The summed E-state index contributed by atoms with van der Waals surface area (Å²) in [5.41, 5.74) is 1.48. The van der Waals surface area contributed by atoms with Crippen LogP contribution in [-0.2, 0) is 0 Å². The first-order valence-electron chi connectivity index (χ1n) is 8.47. The molecule has 0 aliphatic carbocycles. The Bertz CT molecular complexity index is 758. The number of nitrogens with one attached hydrogen (secondary N) is 1. The third-order valence-electron chi connectivity index (χ3n) is 4.63. The summed E-state index contributed by atoms with van der Waals surface area (Å²) in [4.78, 5) is 19.0. The molecule has 0 atom stereocenters. The van der Waals surface area contributed by atoms with Crippen LogP contribution in [-0.4, -0.2) is 35.7 Å². The maximum atomic E-state index is 13.4. The molecule has 5 nitrogen and oxygen atoms in total. The largest absolute Gasteiger partial charge is 0.396 e. The van der Waals surface area contributed by atoms with Crippen molar-refractivity contribution in [3.63, 3.8) is 0 Å². The van der Waals surface area contributed by atoms with Crippen LogP contribution in [0.3, 0.4) is 0 Å². The van der Waals surface area contributed by atoms with E-state index in [1.54, 1.807) is 19.2 Å². The molecule has 2 N–H and O–H groups in total. The van der Waals surface area contributed by atoms with Crippen LogP contribution in [0.2, 0.25) is 0 Å². The Kier molecular flexibility index (Phi) is 5.28. The van der Waals surface area contributed by atoms with Gasteiger partial charge in [0.05, 0.1) is 5.69 Å². The van der Waals surface area contributed by atoms with Gasteiger partial charge in [0.1, 0.15) is 5.82 Å². The Hall–Kier alpha value is -2.47. The minimum absolute atomic E-state index is 0.212. The lowest BCUT2D eigenvalue weighted by Crippen LogP contribution is -2.35. The molecule has 1 aromatic heterocycles. The number of benzene rings is 1. The molecule has 6 heteroatoms. The van der Waals surface area contributed by atoms with Gasteiger partial charge in [0.25, 0.3) is 5.91 Å². The van der Waals surface area contributed by atoms with Gasteiger partial charge in [-0.1, -0.05) is 0 Å². The summed E-state index contributed by atoms with van der Waals surface area (Å²) in [6.07, 6.45) is 3.50. The first-order chi connectivity index (χ1) is 12.1. The van der Waals surface area contributed by atoms with E-state index in [0.29, 0.717) is 22.7 Å². The summed E-state index contributed by atoms with van der Waals surface area (Å²) in [6, 6.07) is 7.90. The van der Waals surface area contributed by atoms with Gasteiger partial charge in [-0.05, 0) is 61.6 Å². The van der Waals surface area contributed by atoms with E-state index >= 15 is 0 Å². The SMILES string of the molecule is Cc1cc(C(=O)Nc2cccnc2N2CCC(CO)CC2)ccc1F. The minimum Gasteiger partial charge on any atom is -0.396 e. The quantitative estimate of drug-likeness (QED) is 0.896. The van der Waals surface area contributed by atoms with E-state index < -0.39 is 0 Å². The summed E-state index contributed by atoms with van der Waals surface area (Å²) in [5, 5.41) is 12.2. The van der Waals surface area contributed by atoms with E-state index in [1.807, 2.05) is 6.07 Å². The molecule has 2 aromatic rings. The topological polar surface area (TPSA) is 65.5 Å². The Balaban J connectivity index is 1.77. The molecule has 0 saturated carbocycles. The molecule has 3 rings (SSSR count). The molecule has 1 aliphatic heterocycles. The summed E-state index contributed by atoms with van der Waals surface area (Å²) in [5.74, 6) is 0.444. The number of aliphatic hydroxyl groups excluding tert-OH is 1. The second-order valence-electron chi connectivity index (χ2n) is 6.41. The van der Waals surface area contributed by atoms with Crippen molar-refractivity contribution in [1.82, 2.24) is 4.98 Å². The van der Waals surface area contributed by atoms with Gasteiger partial charge >= 0.3 is 0 Å². The molecule has 1 aliphatic rings. The minimum atomic E-state index is -0.328. The van der Waals surface area contributed by atoms with Gasteiger partial charge in [-0.25, -0.2) is 9.37 Å². The third-order valence-corrected chi connectivity index (χ3v) is 4.63. The summed E-state index contributed by atoms with van der Waals surface area (Å²) in [6.45, 7) is 3.43. The fourth-order valence-electron chi connectivity index (χ4n) is 3.05. The van der Waals surface area contributed by atoms with Gasteiger partial charge in [0.2, 0.25) is 0 Å². The number of hydrogen-bond donors (Lipinski definition) is 2. The molecule has 1 saturated heterocycles. The van der Waals surface area contributed by atoms with Gasteiger partial charge in [-0.2, -0.15) is 0 Å². The number of aliphatic hydroxyl groups is 1. The first kappa shape index (κ1) is 17.4. The predicted molar refractivity (Wildman–Crippen MR) is 95.4 cm³/mol. The summed E-state index contributed by atoms with van der Waals surface area (Å²) >= 11 is 0. The highest BCUT2D eigenvalue weighted by atomic mass is 19.1. The van der Waals surface area contributed by atoms with E-state index in [0.717, 1.165) is 31.7 Å². The Morgan fingerprint density at radius 1 is 1.36 bits per heavy atom. The zero-order valence-electron chi connectivity index (χ0n) is 14.2. The predicted octanol–water partition coefficient (Wildman–Crippen LogP) is 2.99. The number of nitrogens with zero attached hydrogens (tertiary/aromatic N) is 2. The van der Waals surface area contributed by atoms with Crippen molar-refractivity contribution in [1.29, 1.82) is 0 Å². The second-order valence-corrected chi connectivity index (χ2v) is 6.41. The number of pyridine rings is 1. The van der Waals surface area contributed by atoms with E-state index in [2.05, 4.69) is 15.2 Å². The number of anilines is 2. The van der Waals surface area contributed by atoms with E-state index in [1.165, 1.54) is 18.2 Å². The highest BCUT2D eigenvalue weighted by Crippen LogP contribution is 2.28. The zero-order valence-corrected chi connectivity index (χ0v) is 14.2. The highest BCUT2D eigenvalue weighted by molar-refractivity contribution is 6.05. The monoisotopic (exact) mass is 343 g/mol. The number of amides is 1. The van der Waals surface area contributed by atoms with Crippen LogP contribution in [0.5, 0.6) is 0 Å². The molecular formula is C19H22FN3O2. The molecule has 1 aromatic carbocycles. The van der Waals surface area contributed by atoms with Crippen molar-refractivity contribution >= 4 is 17.4 Å². The van der Waals surface area contributed by atoms with Crippen molar-refractivity contribution in [2.24, 2.45) is 5.92 Å². The van der Waals surface area contributed by atoms with Crippen LogP contribution in [0.1, 0.15) is 28.8 Å². The zero-order chi connectivity index (χ0) is 17.8. The molecule has 132 valence electrons. The molecule has 25 heavy (non-hydrogen) atoms. The van der Waals surface area contributed by atoms with Crippen molar-refractivity contribution in [2.75, 3.05) is 29.9 Å². The van der Waals surface area contributed by atoms with Gasteiger partial charge in [-0.15, -0.1) is 0 Å². The lowest BCUT2D eigenvalue weighted by atomic mass is 9.98. The molecule has 0 bridgehead atoms. The van der Waals surface area contributed by atoms with E-state index in [4.69, 9.17) is 0 Å². The average molecular weight is 343 g/mol. The number of hydrogen-bond acceptors (Lipinski definition) is 4. The normalized spacial score (nSPS) is 15.2. The second kappa shape index (κ2) is 7.61. The van der Waals surface area contributed by atoms with Crippen molar-refractivity contribution in [2.45, 2.75) is 19.8 Å². The van der Waals surface area contributed by atoms with Crippen molar-refractivity contribution < 1.29 is 14.3 Å². The lowest BCUT2D eigenvalue weighted by Gasteiger charge is -2.33. The summed E-state index contributed by atoms with van der Waals surface area (Å²) < 4.78 is 13.4. The van der Waals surface area contributed by atoms with Crippen LogP contribution in [0.25, 0.3) is 0 Å². The van der Waals surface area contributed by atoms with Crippen LogP contribution >= 0.6 is 0 Å². The fraction of sp³-hybridized carbons (Fsp3) is 0.368. The van der Waals surface area contributed by atoms with Crippen LogP contribution in [0.15, 0.2) is 36.5 Å². The average Bonchev–Trinajstić information content (AvgIpc) is 2.64. The maximum Gasteiger partial charge on any atom is 0.255 e. The molecule has 2 heterocycles. The van der Waals surface area contributed by atoms with Crippen LogP contribution in [0.4, 0.5) is 15.9 Å². The van der Waals surface area contributed by atoms with Gasteiger partial charge in [0.15, 0.2) is 5.82 Å². The van der Waals surface area contributed by atoms with E-state index in [-0.39, 0.29) is 18.3 Å². The highest BCUT2D eigenvalue weighted by Gasteiger charge is 2.22. The molecule has 1 amide bonds. The molecular weight excluding hydrogens is 321 g/mol. The smallest absolute Gasteiger partial charge is 0.255 e. The lowest BCUT2D eigenvalue weighted by molar-refractivity contribution is 0.102. The Morgan fingerprint density at radius 2 is 2.12 bits per heavy atom. The summed E-state index contributed by atoms with van der Waals surface area (Å²) in [7, 11) is 0. The number of aryl methyl sites for hydroxylation is 1. The Morgan fingerprint density at radius 3 is 2.80 bits per heavy atom. The molecule has 1 fully saturated rings. The van der Waals surface area contributed by atoms with Crippen LogP contribution < -0.4 is 10.2 Å². The number of piperidine rings is 1. The number of rotatable bonds is 4. The van der Waals surface area contributed by atoms with Gasteiger partial charge < -0.3 is 15.3 Å². The number of halogens is 1. The third kappa shape index (κ3) is 3.96. The molecule has 0 unspecified atom stereocenters. The van der Waals surface area contributed by atoms with Crippen molar-refractivity contribution in [3.05, 3.63) is 53.5 Å². The standard InChI is InChI=1S/C19H22FN3O2/c1-13-11-15(4-5-16(13)20)19(25)22-17-3-2-8-21-18(17)23-9-6-14(12-24)7-10-23/h2-5,8,11,14,24H,6-7,9-10,12H2,1H3,(H,22,25). The fourth-order valence-corrected chi connectivity index (χ4v) is 3.05. The Labute approximate surface area is 146 Å².